The van der Waals surface area contributed by atoms with E-state index < -0.39 is 10.0 Å². The van der Waals surface area contributed by atoms with Gasteiger partial charge in [0.05, 0.1) is 6.26 Å². The Bertz CT molecular complexity index is 607. The van der Waals surface area contributed by atoms with Gasteiger partial charge >= 0.3 is 0 Å². The number of sulfonamides is 1. The molecule has 0 amide bonds. The first-order valence-electron chi connectivity index (χ1n) is 6.48. The summed E-state index contributed by atoms with van der Waals surface area (Å²) in [5.41, 5.74) is 0.930. The van der Waals surface area contributed by atoms with Gasteiger partial charge in [-0.25, -0.2) is 12.7 Å². The van der Waals surface area contributed by atoms with Gasteiger partial charge in [-0.15, -0.1) is 0 Å². The average molecular weight is 284 g/mol. The predicted molar refractivity (Wildman–Crippen MR) is 74.6 cm³/mol. The Kier molecular flexibility index (Phi) is 4.10. The van der Waals surface area contributed by atoms with Gasteiger partial charge in [-0.05, 0) is 37.3 Å². The van der Waals surface area contributed by atoms with Gasteiger partial charge in [0, 0.05) is 31.9 Å². The Morgan fingerprint density at radius 1 is 1.42 bits per heavy atom. The predicted octanol–water partition coefficient (Wildman–Crippen LogP) is 0.828. The Morgan fingerprint density at radius 3 is 2.79 bits per heavy atom. The van der Waals surface area contributed by atoms with Crippen LogP contribution >= 0.6 is 0 Å². The monoisotopic (exact) mass is 284 g/mol. The summed E-state index contributed by atoms with van der Waals surface area (Å²) in [5.74, 6) is 0.212. The Hall–Kier alpha value is -1.14. The van der Waals surface area contributed by atoms with E-state index in [1.807, 2.05) is 13.0 Å². The molecule has 1 unspecified atom stereocenters. The Morgan fingerprint density at radius 2 is 2.16 bits per heavy atom. The van der Waals surface area contributed by atoms with Gasteiger partial charge in [0.2, 0.25) is 10.0 Å². The lowest BCUT2D eigenvalue weighted by atomic mass is 9.99. The van der Waals surface area contributed by atoms with Crippen molar-refractivity contribution >= 4 is 10.0 Å². The minimum atomic E-state index is -3.12. The van der Waals surface area contributed by atoms with Crippen LogP contribution in [0.25, 0.3) is 0 Å². The summed E-state index contributed by atoms with van der Waals surface area (Å²) in [7, 11) is -3.12. The fourth-order valence-electron chi connectivity index (χ4n) is 2.51. The number of nitrogens with zero attached hydrogens (tertiary/aromatic N) is 2. The van der Waals surface area contributed by atoms with E-state index in [2.05, 4.69) is 0 Å². The van der Waals surface area contributed by atoms with E-state index in [-0.39, 0.29) is 11.5 Å². The molecule has 1 fully saturated rings. The first-order chi connectivity index (χ1) is 8.86. The summed E-state index contributed by atoms with van der Waals surface area (Å²) >= 11 is 0. The van der Waals surface area contributed by atoms with E-state index in [9.17, 15) is 13.2 Å². The lowest BCUT2D eigenvalue weighted by Crippen LogP contribution is -2.41. The molecule has 2 rings (SSSR count). The number of pyridine rings is 1. The van der Waals surface area contributed by atoms with Crippen molar-refractivity contribution in [3.63, 3.8) is 0 Å². The summed E-state index contributed by atoms with van der Waals surface area (Å²) in [5, 5.41) is 0. The van der Waals surface area contributed by atoms with Crippen molar-refractivity contribution in [1.29, 1.82) is 0 Å². The van der Waals surface area contributed by atoms with Crippen LogP contribution < -0.4 is 5.56 Å². The molecule has 1 atom stereocenters. The number of aromatic nitrogens is 1. The van der Waals surface area contributed by atoms with Crippen LogP contribution in [0.4, 0.5) is 0 Å². The molecule has 2 heterocycles. The first-order valence-corrected chi connectivity index (χ1v) is 8.33. The fraction of sp³-hybridized carbons (Fsp3) is 0.615. The number of rotatable bonds is 3. The van der Waals surface area contributed by atoms with Crippen LogP contribution in [0.2, 0.25) is 0 Å². The van der Waals surface area contributed by atoms with Gasteiger partial charge in [-0.2, -0.15) is 0 Å². The van der Waals surface area contributed by atoms with Crippen LogP contribution in [0.1, 0.15) is 18.4 Å². The minimum Gasteiger partial charge on any atom is -0.315 e. The summed E-state index contributed by atoms with van der Waals surface area (Å²) in [6.45, 7) is 3.58. The highest BCUT2D eigenvalue weighted by Crippen LogP contribution is 2.19. The summed E-state index contributed by atoms with van der Waals surface area (Å²) in [6, 6.07) is 3.51. The molecule has 1 aliphatic rings. The smallest absolute Gasteiger partial charge is 0.250 e. The molecule has 1 aromatic rings. The molecule has 0 aliphatic carbocycles. The van der Waals surface area contributed by atoms with Crippen LogP contribution in [-0.4, -0.2) is 36.6 Å². The van der Waals surface area contributed by atoms with Crippen molar-refractivity contribution in [3.05, 3.63) is 34.2 Å². The first kappa shape index (κ1) is 14.3. The second-order valence-electron chi connectivity index (χ2n) is 5.32. The van der Waals surface area contributed by atoms with E-state index in [4.69, 9.17) is 0 Å². The molecule has 0 spiro atoms. The highest BCUT2D eigenvalue weighted by molar-refractivity contribution is 7.88. The maximum absolute atomic E-state index is 11.8. The molecular weight excluding hydrogens is 264 g/mol. The molecule has 0 N–H and O–H groups in total. The SMILES string of the molecule is Cc1ccn(CC2CCCN(S(C)(=O)=O)C2)c(=O)c1. The second-order valence-corrected chi connectivity index (χ2v) is 7.31. The summed E-state index contributed by atoms with van der Waals surface area (Å²) in [6.07, 6.45) is 4.86. The number of piperidine rings is 1. The average Bonchev–Trinajstić information content (AvgIpc) is 2.32. The molecule has 1 aliphatic heterocycles. The lowest BCUT2D eigenvalue weighted by Gasteiger charge is -2.31. The third kappa shape index (κ3) is 3.67. The maximum Gasteiger partial charge on any atom is 0.250 e. The molecule has 5 nitrogen and oxygen atoms in total. The zero-order valence-corrected chi connectivity index (χ0v) is 12.2. The normalized spacial score (nSPS) is 21.5. The van der Waals surface area contributed by atoms with Crippen molar-refractivity contribution in [2.24, 2.45) is 5.92 Å². The van der Waals surface area contributed by atoms with Crippen molar-refractivity contribution < 1.29 is 8.42 Å². The fourth-order valence-corrected chi connectivity index (χ4v) is 3.46. The molecule has 0 saturated carbocycles. The van der Waals surface area contributed by atoms with E-state index in [1.54, 1.807) is 16.8 Å². The molecule has 0 radical (unpaired) electrons. The Labute approximate surface area is 113 Å². The van der Waals surface area contributed by atoms with Gasteiger partial charge in [-0.3, -0.25) is 4.79 Å². The molecule has 1 saturated heterocycles. The molecule has 6 heteroatoms. The number of hydrogen-bond donors (Lipinski definition) is 0. The largest absolute Gasteiger partial charge is 0.315 e. The summed E-state index contributed by atoms with van der Waals surface area (Å²) in [4.78, 5) is 11.8. The highest BCUT2D eigenvalue weighted by Gasteiger charge is 2.26. The standard InChI is InChI=1S/C13H20N2O3S/c1-11-5-7-14(13(16)8-11)9-12-4-3-6-15(10-12)19(2,17)18/h5,7-8,12H,3-4,6,9-10H2,1-2H3. The van der Waals surface area contributed by atoms with Crippen molar-refractivity contribution in [2.75, 3.05) is 19.3 Å². The van der Waals surface area contributed by atoms with Crippen LogP contribution in [0.5, 0.6) is 0 Å². The second kappa shape index (κ2) is 5.46. The maximum atomic E-state index is 11.8. The topological polar surface area (TPSA) is 59.4 Å². The van der Waals surface area contributed by atoms with Crippen molar-refractivity contribution in [1.82, 2.24) is 8.87 Å². The van der Waals surface area contributed by atoms with Gasteiger partial charge < -0.3 is 4.57 Å². The van der Waals surface area contributed by atoms with Gasteiger partial charge in [-0.1, -0.05) is 0 Å². The van der Waals surface area contributed by atoms with E-state index in [1.165, 1.54) is 10.6 Å². The molecule has 0 bridgehead atoms. The van der Waals surface area contributed by atoms with Crippen molar-refractivity contribution in [3.8, 4) is 0 Å². The van der Waals surface area contributed by atoms with E-state index >= 15 is 0 Å². The zero-order chi connectivity index (χ0) is 14.0. The van der Waals surface area contributed by atoms with Crippen molar-refractivity contribution in [2.45, 2.75) is 26.3 Å². The number of hydrogen-bond acceptors (Lipinski definition) is 3. The number of aryl methyl sites for hydroxylation is 1. The third-order valence-electron chi connectivity index (χ3n) is 3.56. The third-order valence-corrected chi connectivity index (χ3v) is 4.83. The highest BCUT2D eigenvalue weighted by atomic mass is 32.2. The Balaban J connectivity index is 2.09. The van der Waals surface area contributed by atoms with Gasteiger partial charge in [0.1, 0.15) is 0 Å². The summed E-state index contributed by atoms with van der Waals surface area (Å²) < 4.78 is 26.3. The quantitative estimate of drug-likeness (QED) is 0.826. The molecular formula is C13H20N2O3S. The van der Waals surface area contributed by atoms with Crippen LogP contribution in [0.15, 0.2) is 23.1 Å². The lowest BCUT2D eigenvalue weighted by molar-refractivity contribution is 0.245. The van der Waals surface area contributed by atoms with Gasteiger partial charge in [0.15, 0.2) is 0 Å². The van der Waals surface area contributed by atoms with Crippen LogP contribution in [0.3, 0.4) is 0 Å². The van der Waals surface area contributed by atoms with E-state index in [0.717, 1.165) is 18.4 Å². The van der Waals surface area contributed by atoms with Gasteiger partial charge in [0.25, 0.3) is 5.56 Å². The molecule has 0 aromatic carbocycles. The van der Waals surface area contributed by atoms with E-state index in [0.29, 0.717) is 19.6 Å². The minimum absolute atomic E-state index is 0.0171. The molecule has 19 heavy (non-hydrogen) atoms. The zero-order valence-electron chi connectivity index (χ0n) is 11.4. The van der Waals surface area contributed by atoms with Crippen LogP contribution in [-0.2, 0) is 16.6 Å². The molecule has 106 valence electrons. The molecule has 1 aromatic heterocycles. The van der Waals surface area contributed by atoms with Crippen LogP contribution in [0, 0.1) is 12.8 Å².